The lowest BCUT2D eigenvalue weighted by atomic mass is 10.0. The van der Waals surface area contributed by atoms with E-state index >= 15 is 0 Å². The standard InChI is InChI=1S/C25H32OSi/c1-18(2)27(19(3)4,20(5)6)26-25-17-23-15-11-10-14-22(23)16-24(25)21-12-8-7-9-13-21/h7-20H,1-6H3. The molecule has 0 radical (unpaired) electrons. The van der Waals surface area contributed by atoms with Crippen LogP contribution < -0.4 is 4.43 Å². The molecule has 27 heavy (non-hydrogen) atoms. The summed E-state index contributed by atoms with van der Waals surface area (Å²) in [5.74, 6) is 1.04. The molecule has 142 valence electrons. The molecule has 3 rings (SSSR count). The first-order chi connectivity index (χ1) is 12.9. The van der Waals surface area contributed by atoms with E-state index in [1.54, 1.807) is 0 Å². The molecule has 0 aliphatic heterocycles. The Morgan fingerprint density at radius 3 is 1.63 bits per heavy atom. The van der Waals surface area contributed by atoms with Gasteiger partial charge in [-0.25, -0.2) is 0 Å². The highest BCUT2D eigenvalue weighted by Crippen LogP contribution is 2.45. The van der Waals surface area contributed by atoms with Crippen molar-refractivity contribution in [3.05, 3.63) is 66.7 Å². The van der Waals surface area contributed by atoms with Crippen LogP contribution >= 0.6 is 0 Å². The van der Waals surface area contributed by atoms with Gasteiger partial charge in [0.25, 0.3) is 8.32 Å². The van der Waals surface area contributed by atoms with E-state index in [2.05, 4.69) is 108 Å². The van der Waals surface area contributed by atoms with Crippen LogP contribution in [0.4, 0.5) is 0 Å². The number of hydrogen-bond acceptors (Lipinski definition) is 1. The van der Waals surface area contributed by atoms with Crippen LogP contribution in [0.1, 0.15) is 41.5 Å². The highest BCUT2D eigenvalue weighted by Gasteiger charge is 2.47. The maximum Gasteiger partial charge on any atom is 0.258 e. The summed E-state index contributed by atoms with van der Waals surface area (Å²) < 4.78 is 7.12. The van der Waals surface area contributed by atoms with Gasteiger partial charge in [0.05, 0.1) is 0 Å². The van der Waals surface area contributed by atoms with Crippen molar-refractivity contribution in [1.29, 1.82) is 0 Å². The normalized spacial score (nSPS) is 12.3. The third-order valence-electron chi connectivity index (χ3n) is 5.93. The molecule has 0 saturated carbocycles. The van der Waals surface area contributed by atoms with Crippen LogP contribution in [0.15, 0.2) is 66.7 Å². The largest absolute Gasteiger partial charge is 0.542 e. The van der Waals surface area contributed by atoms with E-state index in [-0.39, 0.29) is 0 Å². The van der Waals surface area contributed by atoms with E-state index in [1.165, 1.54) is 21.9 Å². The van der Waals surface area contributed by atoms with Gasteiger partial charge in [-0.2, -0.15) is 0 Å². The lowest BCUT2D eigenvalue weighted by molar-refractivity contribution is 0.482. The quantitative estimate of drug-likeness (QED) is 0.395. The summed E-state index contributed by atoms with van der Waals surface area (Å²) in [6.07, 6.45) is 0. The number of hydrogen-bond donors (Lipinski definition) is 0. The molecule has 3 aromatic rings. The molecule has 2 heteroatoms. The highest BCUT2D eigenvalue weighted by atomic mass is 28.4. The van der Waals surface area contributed by atoms with Crippen molar-refractivity contribution in [2.45, 2.75) is 58.2 Å². The van der Waals surface area contributed by atoms with E-state index in [0.717, 1.165) is 5.75 Å². The van der Waals surface area contributed by atoms with Crippen molar-refractivity contribution in [2.75, 3.05) is 0 Å². The smallest absolute Gasteiger partial charge is 0.258 e. The van der Waals surface area contributed by atoms with Crippen molar-refractivity contribution in [3.63, 3.8) is 0 Å². The van der Waals surface area contributed by atoms with Crippen molar-refractivity contribution >= 4 is 19.1 Å². The zero-order chi connectivity index (χ0) is 19.6. The molecule has 0 N–H and O–H groups in total. The van der Waals surface area contributed by atoms with Crippen LogP contribution in [-0.4, -0.2) is 8.32 Å². The van der Waals surface area contributed by atoms with E-state index in [4.69, 9.17) is 4.43 Å². The van der Waals surface area contributed by atoms with Gasteiger partial charge in [0.2, 0.25) is 0 Å². The van der Waals surface area contributed by atoms with Crippen LogP contribution in [0.5, 0.6) is 5.75 Å². The molecular formula is C25H32OSi. The van der Waals surface area contributed by atoms with Gasteiger partial charge in [-0.1, -0.05) is 96.1 Å². The fourth-order valence-electron chi connectivity index (χ4n) is 4.69. The van der Waals surface area contributed by atoms with Gasteiger partial charge in [-0.15, -0.1) is 0 Å². The molecule has 0 aromatic heterocycles. The van der Waals surface area contributed by atoms with Crippen LogP contribution in [0.25, 0.3) is 21.9 Å². The maximum atomic E-state index is 7.12. The van der Waals surface area contributed by atoms with Gasteiger partial charge in [-0.05, 0) is 45.1 Å². The summed E-state index contributed by atoms with van der Waals surface area (Å²) in [7, 11) is -2.02. The summed E-state index contributed by atoms with van der Waals surface area (Å²) in [5.41, 5.74) is 4.07. The third-order valence-corrected chi connectivity index (χ3v) is 11.9. The lowest BCUT2D eigenvalue weighted by Crippen LogP contribution is -2.50. The molecule has 0 aliphatic carbocycles. The first-order valence-corrected chi connectivity index (χ1v) is 12.3. The average Bonchev–Trinajstić information content (AvgIpc) is 2.65. The second kappa shape index (κ2) is 7.90. The molecule has 0 fully saturated rings. The van der Waals surface area contributed by atoms with E-state index in [1.807, 2.05) is 0 Å². The topological polar surface area (TPSA) is 9.23 Å². The first-order valence-electron chi connectivity index (χ1n) is 10.1. The summed E-state index contributed by atoms with van der Waals surface area (Å²) >= 11 is 0. The Labute approximate surface area is 165 Å². The van der Waals surface area contributed by atoms with Crippen molar-refractivity contribution in [1.82, 2.24) is 0 Å². The molecule has 0 saturated heterocycles. The van der Waals surface area contributed by atoms with E-state index in [0.29, 0.717) is 16.6 Å². The fourth-order valence-corrected chi connectivity index (χ4v) is 9.95. The minimum Gasteiger partial charge on any atom is -0.542 e. The predicted molar refractivity (Wildman–Crippen MR) is 121 cm³/mol. The van der Waals surface area contributed by atoms with Crippen LogP contribution in [0.2, 0.25) is 16.6 Å². The number of benzene rings is 3. The van der Waals surface area contributed by atoms with Crippen molar-refractivity contribution < 1.29 is 4.43 Å². The van der Waals surface area contributed by atoms with Gasteiger partial charge < -0.3 is 4.43 Å². The van der Waals surface area contributed by atoms with Crippen LogP contribution in [0, 0.1) is 0 Å². The summed E-state index contributed by atoms with van der Waals surface area (Å²) in [6.45, 7) is 14.1. The minimum absolute atomic E-state index is 0.549. The average molecular weight is 377 g/mol. The third kappa shape index (κ3) is 3.68. The molecule has 0 spiro atoms. The van der Waals surface area contributed by atoms with Gasteiger partial charge in [0.15, 0.2) is 0 Å². The predicted octanol–water partition coefficient (Wildman–Crippen LogP) is 8.06. The Morgan fingerprint density at radius 2 is 1.11 bits per heavy atom. The molecule has 3 aromatic carbocycles. The Morgan fingerprint density at radius 1 is 0.630 bits per heavy atom. The second-order valence-corrected chi connectivity index (χ2v) is 13.9. The summed E-state index contributed by atoms with van der Waals surface area (Å²) in [6, 6.07) is 23.8. The molecule has 0 amide bonds. The molecule has 0 atom stereocenters. The fraction of sp³-hybridized carbons (Fsp3) is 0.360. The molecular weight excluding hydrogens is 344 g/mol. The molecule has 1 nitrogen and oxygen atoms in total. The van der Waals surface area contributed by atoms with E-state index in [9.17, 15) is 0 Å². The molecule has 0 aliphatic rings. The Bertz CT molecular complexity index is 875. The Hall–Kier alpha value is -2.06. The van der Waals surface area contributed by atoms with Crippen molar-refractivity contribution in [3.8, 4) is 16.9 Å². The highest BCUT2D eigenvalue weighted by molar-refractivity contribution is 6.78. The zero-order valence-electron chi connectivity index (χ0n) is 17.5. The van der Waals surface area contributed by atoms with Gasteiger partial charge in [0, 0.05) is 5.56 Å². The summed E-state index contributed by atoms with van der Waals surface area (Å²) in [4.78, 5) is 0. The second-order valence-electron chi connectivity index (χ2n) is 8.48. The van der Waals surface area contributed by atoms with Crippen LogP contribution in [0.3, 0.4) is 0 Å². The maximum absolute atomic E-state index is 7.12. The molecule has 0 unspecified atom stereocenters. The lowest BCUT2D eigenvalue weighted by Gasteiger charge is -2.42. The van der Waals surface area contributed by atoms with Gasteiger partial charge in [-0.3, -0.25) is 0 Å². The summed E-state index contributed by atoms with van der Waals surface area (Å²) in [5, 5.41) is 2.50. The Balaban J connectivity index is 2.22. The van der Waals surface area contributed by atoms with Crippen LogP contribution in [-0.2, 0) is 0 Å². The van der Waals surface area contributed by atoms with Gasteiger partial charge >= 0.3 is 0 Å². The molecule has 0 heterocycles. The zero-order valence-corrected chi connectivity index (χ0v) is 18.5. The monoisotopic (exact) mass is 376 g/mol. The van der Waals surface area contributed by atoms with Gasteiger partial charge in [0.1, 0.15) is 5.75 Å². The van der Waals surface area contributed by atoms with Crippen molar-refractivity contribution in [2.24, 2.45) is 0 Å². The minimum atomic E-state index is -2.02. The Kier molecular flexibility index (Phi) is 5.76. The first kappa shape index (κ1) is 19.7. The molecule has 0 bridgehead atoms. The number of rotatable bonds is 6. The van der Waals surface area contributed by atoms with E-state index < -0.39 is 8.32 Å². The number of fused-ring (bicyclic) bond motifs is 1. The SMILES string of the molecule is CC(C)[Si](Oc1cc2ccccc2cc1-c1ccccc1)(C(C)C)C(C)C.